The van der Waals surface area contributed by atoms with Gasteiger partial charge in [-0.25, -0.2) is 32.9 Å². The molecule has 0 bridgehead atoms. The Morgan fingerprint density at radius 2 is 1.36 bits per heavy atom. The molecule has 2 aliphatic rings. The molecular formula is C45H46ClF2N5O11. The zero-order chi connectivity index (χ0) is 46.5. The Kier molecular flexibility index (Phi) is 17.0. The summed E-state index contributed by atoms with van der Waals surface area (Å²) >= 11 is 6.14. The molecule has 6 rings (SSSR count). The number of pyridine rings is 1. The number of aromatic nitrogens is 1. The van der Waals surface area contributed by atoms with Crippen LogP contribution in [0.1, 0.15) is 73.6 Å². The lowest BCUT2D eigenvalue weighted by Crippen LogP contribution is -2.51. The van der Waals surface area contributed by atoms with E-state index in [4.69, 9.17) is 21.1 Å². The normalized spacial score (nSPS) is 16.2. The van der Waals surface area contributed by atoms with E-state index in [0.717, 1.165) is 43.1 Å². The molecule has 64 heavy (non-hydrogen) atoms. The fraction of sp³-hybridized carbons (Fsp3) is 0.333. The van der Waals surface area contributed by atoms with E-state index in [1.54, 1.807) is 24.0 Å². The number of hydrogen-bond acceptors (Lipinski definition) is 11. The van der Waals surface area contributed by atoms with Gasteiger partial charge < -0.3 is 35.2 Å². The van der Waals surface area contributed by atoms with Crippen molar-refractivity contribution >= 4 is 59.0 Å². The Morgan fingerprint density at radius 1 is 0.797 bits per heavy atom. The van der Waals surface area contributed by atoms with Crippen LogP contribution < -0.4 is 10.6 Å². The van der Waals surface area contributed by atoms with Gasteiger partial charge in [-0.15, -0.1) is 0 Å². The van der Waals surface area contributed by atoms with Gasteiger partial charge in [0.15, 0.2) is 0 Å². The van der Waals surface area contributed by atoms with E-state index in [1.807, 2.05) is 19.1 Å². The zero-order valence-corrected chi connectivity index (χ0v) is 35.5. The molecule has 3 aromatic carbocycles. The Hall–Kier alpha value is -6.79. The number of nitrogens with zero attached hydrogens (tertiary/aromatic N) is 3. The average molecular weight is 906 g/mol. The Morgan fingerprint density at radius 3 is 1.88 bits per heavy atom. The van der Waals surface area contributed by atoms with Crippen LogP contribution in [0.5, 0.6) is 0 Å². The summed E-state index contributed by atoms with van der Waals surface area (Å²) in [6.07, 6.45) is -4.87. The summed E-state index contributed by atoms with van der Waals surface area (Å²) in [7, 11) is 0. The Labute approximate surface area is 371 Å². The second-order valence-electron chi connectivity index (χ2n) is 15.0. The van der Waals surface area contributed by atoms with Crippen LogP contribution in [0.2, 0.25) is 5.02 Å². The molecule has 0 radical (unpaired) electrons. The van der Waals surface area contributed by atoms with Crippen molar-refractivity contribution in [3.63, 3.8) is 0 Å². The van der Waals surface area contributed by atoms with Crippen LogP contribution in [0.15, 0.2) is 91.0 Å². The number of likely N-dealkylation sites (tertiary alicyclic amines) is 2. The van der Waals surface area contributed by atoms with E-state index in [9.17, 15) is 52.6 Å². The lowest BCUT2D eigenvalue weighted by molar-refractivity contribution is -0.166. The molecule has 19 heteroatoms. The fourth-order valence-corrected chi connectivity index (χ4v) is 7.30. The van der Waals surface area contributed by atoms with Crippen LogP contribution >= 0.6 is 11.6 Å². The van der Waals surface area contributed by atoms with E-state index >= 15 is 0 Å². The van der Waals surface area contributed by atoms with Crippen LogP contribution in [-0.2, 0) is 35.2 Å². The molecule has 0 aliphatic carbocycles. The lowest BCUT2D eigenvalue weighted by atomic mass is 10.0. The first-order chi connectivity index (χ1) is 30.5. The van der Waals surface area contributed by atoms with Crippen molar-refractivity contribution in [1.29, 1.82) is 0 Å². The number of amides is 3. The fourth-order valence-electron chi connectivity index (χ4n) is 7.18. The highest BCUT2D eigenvalue weighted by atomic mass is 35.5. The van der Waals surface area contributed by atoms with Crippen LogP contribution in [0, 0.1) is 13.8 Å². The van der Waals surface area contributed by atoms with E-state index in [1.165, 1.54) is 66.2 Å². The van der Waals surface area contributed by atoms with Gasteiger partial charge >= 0.3 is 23.9 Å². The van der Waals surface area contributed by atoms with Crippen LogP contribution in [0.4, 0.5) is 14.6 Å². The Balaban J connectivity index is 0.000000259. The van der Waals surface area contributed by atoms with Gasteiger partial charge in [0, 0.05) is 48.4 Å². The third-order valence-corrected chi connectivity index (χ3v) is 10.7. The number of anilines is 1. The van der Waals surface area contributed by atoms with Gasteiger partial charge in [0.1, 0.15) is 11.9 Å². The number of ether oxygens (including phenoxy) is 2. The molecule has 2 saturated heterocycles. The monoisotopic (exact) mass is 905 g/mol. The molecule has 3 amide bonds. The lowest BCUT2D eigenvalue weighted by Gasteiger charge is -2.39. The molecule has 338 valence electrons. The van der Waals surface area contributed by atoms with Gasteiger partial charge in [0.2, 0.25) is 24.0 Å². The van der Waals surface area contributed by atoms with Crippen molar-refractivity contribution in [2.45, 2.75) is 76.8 Å². The van der Waals surface area contributed by atoms with Crippen molar-refractivity contribution in [2.75, 3.05) is 25.0 Å². The van der Waals surface area contributed by atoms with Crippen molar-refractivity contribution in [3.8, 4) is 0 Å². The number of hydrogen-bond donors (Lipinski definition) is 4. The number of piperidine rings is 1. The summed E-state index contributed by atoms with van der Waals surface area (Å²) < 4.78 is 34.4. The summed E-state index contributed by atoms with van der Waals surface area (Å²) in [5.41, 5.74) is 2.85. The molecule has 1 aromatic heterocycles. The van der Waals surface area contributed by atoms with Crippen molar-refractivity contribution in [2.24, 2.45) is 0 Å². The van der Waals surface area contributed by atoms with Gasteiger partial charge in [-0.3, -0.25) is 19.3 Å². The largest absolute Gasteiger partial charge is 0.478 e. The van der Waals surface area contributed by atoms with Crippen LogP contribution in [0.25, 0.3) is 0 Å². The highest BCUT2D eigenvalue weighted by molar-refractivity contribution is 6.31. The number of benzene rings is 3. The standard InChI is InChI=1S/C27H32ClF2N5O3.C18H14O8/c1-16-11-18(3-4-21(16)28)15-34-9-7-20(8-10-34)35-22(5-6-25(35)36)27(38)33-24-13-19(12-17(2)32-24)26(37)31-14-23(29)30;19-15(20)13(25-17(23)11-7-3-1-4-8-11)14(16(21)22)26-18(24)12-9-5-2-6-10-12/h3-4,11-13,20,22-23H,5-10,14-15H2,1-2H3,(H,31,37)(H,32,33,38);1-10,13-14H,(H,19,20)(H,21,22)/t22-;/m1./s1. The zero-order valence-electron chi connectivity index (χ0n) is 34.7. The van der Waals surface area contributed by atoms with Crippen LogP contribution in [0.3, 0.4) is 0 Å². The third-order valence-electron chi connectivity index (χ3n) is 10.3. The third kappa shape index (κ3) is 13.4. The second-order valence-corrected chi connectivity index (χ2v) is 15.4. The molecular weight excluding hydrogens is 860 g/mol. The minimum Gasteiger partial charge on any atom is -0.478 e. The first-order valence-corrected chi connectivity index (χ1v) is 20.5. The van der Waals surface area contributed by atoms with Gasteiger partial charge in [-0.05, 0) is 86.7 Å². The molecule has 4 N–H and O–H groups in total. The molecule has 0 saturated carbocycles. The minimum atomic E-state index is -2.67. The predicted molar refractivity (Wildman–Crippen MR) is 227 cm³/mol. The molecule has 2 aliphatic heterocycles. The smallest absolute Gasteiger partial charge is 0.349 e. The molecule has 3 heterocycles. The van der Waals surface area contributed by atoms with E-state index in [-0.39, 0.29) is 40.4 Å². The number of alkyl halides is 2. The molecule has 3 atom stereocenters. The van der Waals surface area contributed by atoms with Crippen LogP contribution in [-0.4, -0.2) is 117 Å². The quantitative estimate of drug-likeness (QED) is 0.108. The first kappa shape index (κ1) is 48.2. The summed E-state index contributed by atoms with van der Waals surface area (Å²) in [6.45, 7) is 5.28. The number of esters is 2. The molecule has 4 aromatic rings. The number of carboxylic acid groups (broad SMARTS) is 2. The number of carbonyl (C=O) groups is 7. The van der Waals surface area contributed by atoms with Gasteiger partial charge in [0.05, 0.1) is 17.7 Å². The number of carboxylic acids is 2. The number of rotatable bonds is 15. The summed E-state index contributed by atoms with van der Waals surface area (Å²) in [5, 5.41) is 24.1. The number of nitrogens with one attached hydrogen (secondary N) is 2. The molecule has 2 unspecified atom stereocenters. The molecule has 2 fully saturated rings. The number of aryl methyl sites for hydroxylation is 2. The van der Waals surface area contributed by atoms with Gasteiger partial charge in [-0.1, -0.05) is 60.1 Å². The van der Waals surface area contributed by atoms with E-state index < -0.39 is 61.0 Å². The SMILES string of the molecule is Cc1cc(C(=O)NCC(F)F)cc(NC(=O)[C@H]2CCC(=O)N2C2CCN(Cc3ccc(Cl)c(C)c3)CC2)n1.O=C(OC(C(=O)O)C(OC(=O)c1ccccc1)C(=O)O)c1ccccc1. The maximum Gasteiger partial charge on any atom is 0.349 e. The second kappa shape index (κ2) is 22.5. The van der Waals surface area contributed by atoms with E-state index in [0.29, 0.717) is 18.5 Å². The Bertz CT molecular complexity index is 2260. The maximum atomic E-state index is 13.2. The number of carbonyl (C=O) groups excluding carboxylic acids is 5. The highest BCUT2D eigenvalue weighted by Gasteiger charge is 2.42. The van der Waals surface area contributed by atoms with Gasteiger partial charge in [-0.2, -0.15) is 0 Å². The topological polar surface area (TPSA) is 222 Å². The van der Waals surface area contributed by atoms with Crippen molar-refractivity contribution < 1.29 is 62.0 Å². The maximum absolute atomic E-state index is 13.2. The number of aliphatic carboxylic acids is 2. The molecule has 16 nitrogen and oxygen atoms in total. The summed E-state index contributed by atoms with van der Waals surface area (Å²) in [4.78, 5) is 93.4. The summed E-state index contributed by atoms with van der Waals surface area (Å²) in [6, 6.07) is 23.0. The van der Waals surface area contributed by atoms with Crippen molar-refractivity contribution in [1.82, 2.24) is 20.1 Å². The van der Waals surface area contributed by atoms with E-state index in [2.05, 4.69) is 26.6 Å². The first-order valence-electron chi connectivity index (χ1n) is 20.1. The summed E-state index contributed by atoms with van der Waals surface area (Å²) in [5.74, 6) is -6.58. The van der Waals surface area contributed by atoms with Gasteiger partial charge in [0.25, 0.3) is 12.3 Å². The average Bonchev–Trinajstić information content (AvgIpc) is 3.67. The highest BCUT2D eigenvalue weighted by Crippen LogP contribution is 2.29. The molecule has 0 spiro atoms. The predicted octanol–water partition coefficient (Wildman–Crippen LogP) is 5.55. The minimum absolute atomic E-state index is 0.0253. The number of halogens is 3. The van der Waals surface area contributed by atoms with Crippen molar-refractivity contribution in [3.05, 3.63) is 130 Å².